The van der Waals surface area contributed by atoms with Gasteiger partial charge in [0.05, 0.1) is 7.11 Å². The Morgan fingerprint density at radius 2 is 2.13 bits per heavy atom. The van der Waals surface area contributed by atoms with E-state index in [1.807, 2.05) is 13.8 Å². The molecule has 1 amide bonds. The van der Waals surface area contributed by atoms with E-state index in [-0.39, 0.29) is 23.8 Å². The molecular weight excluding hydrogens is 196 g/mol. The maximum Gasteiger partial charge on any atom is 0.324 e. The topological polar surface area (TPSA) is 58.6 Å². The minimum atomic E-state index is -0.383. The Morgan fingerprint density at radius 1 is 1.47 bits per heavy atom. The first-order valence-electron chi connectivity index (χ1n) is 5.16. The van der Waals surface area contributed by atoms with Crippen LogP contribution >= 0.6 is 0 Å². The van der Waals surface area contributed by atoms with Crippen LogP contribution in [0.2, 0.25) is 0 Å². The Balaban J connectivity index is 2.56. The average molecular weight is 214 g/mol. The number of nitrogens with zero attached hydrogens (tertiary/aromatic N) is 1. The van der Waals surface area contributed by atoms with Crippen molar-refractivity contribution in [2.45, 2.75) is 19.9 Å². The Morgan fingerprint density at radius 3 is 2.67 bits per heavy atom. The van der Waals surface area contributed by atoms with Crippen LogP contribution in [0.15, 0.2) is 0 Å². The first-order chi connectivity index (χ1) is 7.06. The lowest BCUT2D eigenvalue weighted by molar-refractivity contribution is -0.146. The lowest BCUT2D eigenvalue weighted by Gasteiger charge is -2.33. The van der Waals surface area contributed by atoms with Crippen molar-refractivity contribution in [2.24, 2.45) is 5.92 Å². The SMILES string of the molecule is COC(=O)C1CN(C(=O)C(C)C)CCN1. The molecule has 0 spiro atoms. The van der Waals surface area contributed by atoms with Crippen LogP contribution in [0.1, 0.15) is 13.8 Å². The molecule has 0 aromatic carbocycles. The van der Waals surface area contributed by atoms with E-state index < -0.39 is 0 Å². The molecule has 1 rings (SSSR count). The van der Waals surface area contributed by atoms with Gasteiger partial charge >= 0.3 is 5.97 Å². The van der Waals surface area contributed by atoms with Gasteiger partial charge in [-0.1, -0.05) is 13.8 Å². The van der Waals surface area contributed by atoms with E-state index in [2.05, 4.69) is 10.1 Å². The molecule has 0 aliphatic carbocycles. The number of hydrogen-bond acceptors (Lipinski definition) is 4. The van der Waals surface area contributed by atoms with Crippen LogP contribution in [-0.4, -0.2) is 49.6 Å². The average Bonchev–Trinajstić information content (AvgIpc) is 2.27. The van der Waals surface area contributed by atoms with Crippen molar-refractivity contribution in [1.29, 1.82) is 0 Å². The molecule has 1 atom stereocenters. The van der Waals surface area contributed by atoms with Gasteiger partial charge in [0, 0.05) is 25.6 Å². The van der Waals surface area contributed by atoms with E-state index in [1.165, 1.54) is 7.11 Å². The summed E-state index contributed by atoms with van der Waals surface area (Å²) in [5, 5.41) is 3.03. The Kier molecular flexibility index (Phi) is 4.08. The minimum absolute atomic E-state index is 0.0265. The predicted molar refractivity (Wildman–Crippen MR) is 55.2 cm³/mol. The smallest absolute Gasteiger partial charge is 0.324 e. The standard InChI is InChI=1S/C10H18N2O3/c1-7(2)9(13)12-5-4-11-8(6-12)10(14)15-3/h7-8,11H,4-6H2,1-3H3. The highest BCUT2D eigenvalue weighted by atomic mass is 16.5. The Hall–Kier alpha value is -1.10. The van der Waals surface area contributed by atoms with E-state index in [0.717, 1.165) is 0 Å². The van der Waals surface area contributed by atoms with Crippen molar-refractivity contribution >= 4 is 11.9 Å². The quantitative estimate of drug-likeness (QED) is 0.636. The van der Waals surface area contributed by atoms with Gasteiger partial charge in [0.1, 0.15) is 6.04 Å². The predicted octanol–water partition coefficient (Wildman–Crippen LogP) is -0.384. The number of amides is 1. The molecule has 0 aromatic rings. The van der Waals surface area contributed by atoms with Crippen molar-refractivity contribution in [3.05, 3.63) is 0 Å². The van der Waals surface area contributed by atoms with Crippen LogP contribution in [0.4, 0.5) is 0 Å². The maximum absolute atomic E-state index is 11.7. The molecule has 0 aromatic heterocycles. The summed E-state index contributed by atoms with van der Waals surface area (Å²) in [6, 6.07) is -0.383. The van der Waals surface area contributed by atoms with Gasteiger partial charge in [-0.25, -0.2) is 0 Å². The largest absolute Gasteiger partial charge is 0.468 e. The second-order valence-corrected chi connectivity index (χ2v) is 3.97. The molecule has 15 heavy (non-hydrogen) atoms. The maximum atomic E-state index is 11.7. The molecule has 0 bridgehead atoms. The third-order valence-corrected chi connectivity index (χ3v) is 2.47. The van der Waals surface area contributed by atoms with E-state index in [1.54, 1.807) is 4.90 Å². The molecule has 86 valence electrons. The molecule has 0 saturated carbocycles. The highest BCUT2D eigenvalue weighted by Gasteiger charge is 2.29. The number of carbonyl (C=O) groups excluding carboxylic acids is 2. The molecule has 1 saturated heterocycles. The molecule has 1 unspecified atom stereocenters. The van der Waals surface area contributed by atoms with Crippen molar-refractivity contribution in [1.82, 2.24) is 10.2 Å². The van der Waals surface area contributed by atoms with Crippen molar-refractivity contribution < 1.29 is 14.3 Å². The van der Waals surface area contributed by atoms with Crippen molar-refractivity contribution in [3.8, 4) is 0 Å². The third kappa shape index (κ3) is 2.92. The minimum Gasteiger partial charge on any atom is -0.468 e. The van der Waals surface area contributed by atoms with Gasteiger partial charge in [-0.2, -0.15) is 0 Å². The Labute approximate surface area is 89.8 Å². The van der Waals surface area contributed by atoms with E-state index in [9.17, 15) is 9.59 Å². The van der Waals surface area contributed by atoms with Crippen LogP contribution < -0.4 is 5.32 Å². The number of carbonyl (C=O) groups is 2. The fraction of sp³-hybridized carbons (Fsp3) is 0.800. The molecule has 5 nitrogen and oxygen atoms in total. The summed E-state index contributed by atoms with van der Waals surface area (Å²) in [5.74, 6) is -0.247. The number of piperazine rings is 1. The molecule has 1 aliphatic rings. The zero-order valence-corrected chi connectivity index (χ0v) is 9.45. The summed E-state index contributed by atoms with van der Waals surface area (Å²) in [4.78, 5) is 24.7. The van der Waals surface area contributed by atoms with Crippen LogP contribution in [0.25, 0.3) is 0 Å². The normalized spacial score (nSPS) is 21.6. The van der Waals surface area contributed by atoms with Crippen LogP contribution in [0.5, 0.6) is 0 Å². The van der Waals surface area contributed by atoms with Crippen molar-refractivity contribution in [3.63, 3.8) is 0 Å². The number of esters is 1. The van der Waals surface area contributed by atoms with Crippen LogP contribution in [0, 0.1) is 5.92 Å². The molecular formula is C10H18N2O3. The summed E-state index contributed by atoms with van der Waals surface area (Å²) in [7, 11) is 1.35. The van der Waals surface area contributed by atoms with E-state index in [0.29, 0.717) is 19.6 Å². The molecule has 1 aliphatic heterocycles. The monoisotopic (exact) mass is 214 g/mol. The zero-order valence-electron chi connectivity index (χ0n) is 9.45. The number of nitrogens with one attached hydrogen (secondary N) is 1. The summed E-state index contributed by atoms with van der Waals surface area (Å²) >= 11 is 0. The summed E-state index contributed by atoms with van der Waals surface area (Å²) in [6.07, 6.45) is 0. The van der Waals surface area contributed by atoms with Crippen molar-refractivity contribution in [2.75, 3.05) is 26.7 Å². The van der Waals surface area contributed by atoms with E-state index in [4.69, 9.17) is 0 Å². The first-order valence-corrected chi connectivity index (χ1v) is 5.16. The summed E-state index contributed by atoms with van der Waals surface area (Å²) in [6.45, 7) is 5.42. The fourth-order valence-electron chi connectivity index (χ4n) is 1.62. The lowest BCUT2D eigenvalue weighted by atomic mass is 10.1. The third-order valence-electron chi connectivity index (χ3n) is 2.47. The first kappa shape index (κ1) is 12.0. The number of methoxy groups -OCH3 is 1. The number of hydrogen-bond donors (Lipinski definition) is 1. The van der Waals surface area contributed by atoms with Crippen LogP contribution in [0.3, 0.4) is 0 Å². The lowest BCUT2D eigenvalue weighted by Crippen LogP contribution is -2.56. The number of rotatable bonds is 2. The van der Waals surface area contributed by atoms with Gasteiger partial charge in [0.15, 0.2) is 0 Å². The van der Waals surface area contributed by atoms with Gasteiger partial charge in [-0.3, -0.25) is 9.59 Å². The van der Waals surface area contributed by atoms with Gasteiger partial charge in [0.25, 0.3) is 0 Å². The molecule has 0 radical (unpaired) electrons. The van der Waals surface area contributed by atoms with Gasteiger partial charge in [-0.15, -0.1) is 0 Å². The zero-order chi connectivity index (χ0) is 11.4. The van der Waals surface area contributed by atoms with Crippen LogP contribution in [-0.2, 0) is 14.3 Å². The summed E-state index contributed by atoms with van der Waals surface area (Å²) < 4.78 is 4.64. The second kappa shape index (κ2) is 5.11. The van der Waals surface area contributed by atoms with Gasteiger partial charge < -0.3 is 15.0 Å². The molecule has 1 heterocycles. The van der Waals surface area contributed by atoms with Gasteiger partial charge in [0.2, 0.25) is 5.91 Å². The fourth-order valence-corrected chi connectivity index (χ4v) is 1.62. The van der Waals surface area contributed by atoms with E-state index >= 15 is 0 Å². The Bertz CT molecular complexity index is 253. The molecule has 5 heteroatoms. The highest BCUT2D eigenvalue weighted by Crippen LogP contribution is 2.06. The molecule has 1 fully saturated rings. The second-order valence-electron chi connectivity index (χ2n) is 3.97. The molecule has 1 N–H and O–H groups in total. The summed E-state index contributed by atoms with van der Waals surface area (Å²) in [5.41, 5.74) is 0. The highest BCUT2D eigenvalue weighted by molar-refractivity contribution is 5.81. The van der Waals surface area contributed by atoms with Gasteiger partial charge in [-0.05, 0) is 0 Å². The number of ether oxygens (including phenoxy) is 1.